The standard InChI is InChI=1S/C17H18ClN3O2/c1-12-5-6-16(23)21(20-12)10-15(22)19-11-17(7-8-17)13-3-2-4-14(18)9-13/h2-6,9H,7-8,10-11H2,1H3,(H,19,22). The van der Waals surface area contributed by atoms with E-state index in [0.29, 0.717) is 17.3 Å². The fourth-order valence-corrected chi connectivity index (χ4v) is 2.85. The highest BCUT2D eigenvalue weighted by Gasteiger charge is 2.44. The van der Waals surface area contributed by atoms with Gasteiger partial charge in [-0.25, -0.2) is 4.68 Å². The highest BCUT2D eigenvalue weighted by atomic mass is 35.5. The first-order valence-corrected chi connectivity index (χ1v) is 7.94. The maximum Gasteiger partial charge on any atom is 0.267 e. The van der Waals surface area contributed by atoms with Gasteiger partial charge in [0.2, 0.25) is 5.91 Å². The number of halogens is 1. The molecule has 0 bridgehead atoms. The van der Waals surface area contributed by atoms with Gasteiger partial charge in [0, 0.05) is 23.0 Å². The molecule has 5 nitrogen and oxygen atoms in total. The van der Waals surface area contributed by atoms with Crippen molar-refractivity contribution in [3.63, 3.8) is 0 Å². The first-order valence-electron chi connectivity index (χ1n) is 7.56. The minimum Gasteiger partial charge on any atom is -0.354 e. The number of hydrogen-bond donors (Lipinski definition) is 1. The summed E-state index contributed by atoms with van der Waals surface area (Å²) in [5.41, 5.74) is 1.55. The summed E-state index contributed by atoms with van der Waals surface area (Å²) < 4.78 is 1.18. The molecular weight excluding hydrogens is 314 g/mol. The molecule has 0 spiro atoms. The van der Waals surface area contributed by atoms with Gasteiger partial charge in [0.15, 0.2) is 0 Å². The molecule has 3 rings (SSSR count). The smallest absolute Gasteiger partial charge is 0.267 e. The normalized spacial score (nSPS) is 15.2. The van der Waals surface area contributed by atoms with Crippen LogP contribution in [0.1, 0.15) is 24.1 Å². The van der Waals surface area contributed by atoms with E-state index in [1.54, 1.807) is 13.0 Å². The van der Waals surface area contributed by atoms with Crippen LogP contribution in [-0.2, 0) is 16.8 Å². The average molecular weight is 332 g/mol. The first kappa shape index (κ1) is 15.7. The molecule has 1 aromatic carbocycles. The lowest BCUT2D eigenvalue weighted by Gasteiger charge is -2.17. The first-order chi connectivity index (χ1) is 11.0. The highest BCUT2D eigenvalue weighted by Crippen LogP contribution is 2.48. The summed E-state index contributed by atoms with van der Waals surface area (Å²) in [6.45, 7) is 2.27. The maximum absolute atomic E-state index is 12.1. The van der Waals surface area contributed by atoms with Crippen LogP contribution in [0, 0.1) is 6.92 Å². The van der Waals surface area contributed by atoms with E-state index in [9.17, 15) is 9.59 Å². The van der Waals surface area contributed by atoms with Crippen LogP contribution in [0.15, 0.2) is 41.2 Å². The Balaban J connectivity index is 1.63. The molecule has 0 saturated heterocycles. The molecule has 2 aromatic rings. The Morgan fingerprint density at radius 3 is 2.83 bits per heavy atom. The Hall–Kier alpha value is -2.14. The number of carbonyl (C=O) groups excluding carboxylic acids is 1. The average Bonchev–Trinajstić information content (AvgIpc) is 3.30. The molecular formula is C17H18ClN3O2. The third-order valence-corrected chi connectivity index (χ3v) is 4.44. The summed E-state index contributed by atoms with van der Waals surface area (Å²) in [6.07, 6.45) is 2.05. The molecule has 1 aromatic heterocycles. The van der Waals surface area contributed by atoms with E-state index in [2.05, 4.69) is 10.4 Å². The lowest BCUT2D eigenvalue weighted by molar-refractivity contribution is -0.122. The SMILES string of the molecule is Cc1ccc(=O)n(CC(=O)NCC2(c3cccc(Cl)c3)CC2)n1. The molecule has 1 aliphatic rings. The Kier molecular flexibility index (Phi) is 4.22. The minimum absolute atomic E-state index is 0.0223. The summed E-state index contributed by atoms with van der Waals surface area (Å²) in [7, 11) is 0. The van der Waals surface area contributed by atoms with Gasteiger partial charge in [0.1, 0.15) is 6.54 Å². The third-order valence-electron chi connectivity index (χ3n) is 4.21. The van der Waals surface area contributed by atoms with Crippen molar-refractivity contribution in [2.45, 2.75) is 31.7 Å². The molecule has 0 radical (unpaired) electrons. The molecule has 23 heavy (non-hydrogen) atoms. The van der Waals surface area contributed by atoms with Crippen molar-refractivity contribution in [1.82, 2.24) is 15.1 Å². The van der Waals surface area contributed by atoms with Crippen LogP contribution in [0.2, 0.25) is 5.02 Å². The molecule has 1 aliphatic carbocycles. The van der Waals surface area contributed by atoms with Crippen LogP contribution >= 0.6 is 11.6 Å². The number of aryl methyl sites for hydroxylation is 1. The summed E-state index contributed by atoms with van der Waals surface area (Å²) in [5, 5.41) is 7.69. The van der Waals surface area contributed by atoms with Crippen molar-refractivity contribution in [2.75, 3.05) is 6.54 Å². The monoisotopic (exact) mass is 331 g/mol. The van der Waals surface area contributed by atoms with Crippen LogP contribution in [0.5, 0.6) is 0 Å². The van der Waals surface area contributed by atoms with Gasteiger partial charge >= 0.3 is 0 Å². The number of aromatic nitrogens is 2. The van der Waals surface area contributed by atoms with Crippen molar-refractivity contribution in [3.05, 3.63) is 63.0 Å². The van der Waals surface area contributed by atoms with E-state index in [0.717, 1.165) is 18.4 Å². The fraction of sp³-hybridized carbons (Fsp3) is 0.353. The molecule has 120 valence electrons. The van der Waals surface area contributed by atoms with Crippen molar-refractivity contribution in [2.24, 2.45) is 0 Å². The molecule has 6 heteroatoms. The summed E-state index contributed by atoms with van der Waals surface area (Å²) in [5.74, 6) is -0.210. The lowest BCUT2D eigenvalue weighted by Crippen LogP contribution is -2.37. The number of carbonyl (C=O) groups is 1. The number of hydrogen-bond acceptors (Lipinski definition) is 3. The van der Waals surface area contributed by atoms with Crippen LogP contribution in [0.3, 0.4) is 0 Å². The van der Waals surface area contributed by atoms with Gasteiger partial charge in [0.25, 0.3) is 5.56 Å². The summed E-state index contributed by atoms with van der Waals surface area (Å²) in [6, 6.07) is 10.8. The molecule has 1 amide bonds. The maximum atomic E-state index is 12.1. The predicted molar refractivity (Wildman–Crippen MR) is 88.6 cm³/mol. The van der Waals surface area contributed by atoms with Crippen molar-refractivity contribution >= 4 is 17.5 Å². The second-order valence-electron chi connectivity index (χ2n) is 6.04. The predicted octanol–water partition coefficient (Wildman–Crippen LogP) is 2.05. The van der Waals surface area contributed by atoms with Crippen molar-refractivity contribution < 1.29 is 4.79 Å². The van der Waals surface area contributed by atoms with E-state index in [1.165, 1.54) is 10.7 Å². The second-order valence-corrected chi connectivity index (χ2v) is 6.47. The summed E-state index contributed by atoms with van der Waals surface area (Å²) >= 11 is 6.05. The minimum atomic E-state index is -0.276. The Morgan fingerprint density at radius 2 is 2.13 bits per heavy atom. The summed E-state index contributed by atoms with van der Waals surface area (Å²) in [4.78, 5) is 23.8. The number of nitrogens with one attached hydrogen (secondary N) is 1. The van der Waals surface area contributed by atoms with E-state index in [1.807, 2.05) is 24.3 Å². The van der Waals surface area contributed by atoms with E-state index < -0.39 is 0 Å². The quantitative estimate of drug-likeness (QED) is 0.912. The fourth-order valence-electron chi connectivity index (χ4n) is 2.66. The van der Waals surface area contributed by atoms with E-state index >= 15 is 0 Å². The number of rotatable bonds is 5. The number of benzene rings is 1. The zero-order valence-corrected chi connectivity index (χ0v) is 13.6. The van der Waals surface area contributed by atoms with Gasteiger partial charge in [0.05, 0.1) is 5.69 Å². The van der Waals surface area contributed by atoms with Crippen LogP contribution in [-0.4, -0.2) is 22.2 Å². The molecule has 1 fully saturated rings. The Labute approximate surface area is 139 Å². The van der Waals surface area contributed by atoms with Crippen LogP contribution < -0.4 is 10.9 Å². The van der Waals surface area contributed by atoms with E-state index in [4.69, 9.17) is 11.6 Å². The van der Waals surface area contributed by atoms with Crippen LogP contribution in [0.25, 0.3) is 0 Å². The van der Waals surface area contributed by atoms with E-state index in [-0.39, 0.29) is 23.4 Å². The largest absolute Gasteiger partial charge is 0.354 e. The molecule has 1 saturated carbocycles. The van der Waals surface area contributed by atoms with Crippen molar-refractivity contribution in [1.29, 1.82) is 0 Å². The van der Waals surface area contributed by atoms with Gasteiger partial charge in [-0.2, -0.15) is 5.10 Å². The highest BCUT2D eigenvalue weighted by molar-refractivity contribution is 6.30. The van der Waals surface area contributed by atoms with Gasteiger partial charge < -0.3 is 5.32 Å². The van der Waals surface area contributed by atoms with Crippen molar-refractivity contribution in [3.8, 4) is 0 Å². The second kappa shape index (κ2) is 6.16. The van der Waals surface area contributed by atoms with Gasteiger partial charge in [-0.15, -0.1) is 0 Å². The number of nitrogens with zero attached hydrogens (tertiary/aromatic N) is 2. The number of amides is 1. The molecule has 1 heterocycles. The molecule has 0 unspecified atom stereocenters. The van der Waals surface area contributed by atoms with Crippen LogP contribution in [0.4, 0.5) is 0 Å². The topological polar surface area (TPSA) is 64.0 Å². The molecule has 0 atom stereocenters. The molecule has 0 aliphatic heterocycles. The Bertz CT molecular complexity index is 796. The molecule has 1 N–H and O–H groups in total. The third kappa shape index (κ3) is 3.62. The van der Waals surface area contributed by atoms with Gasteiger partial charge in [-0.3, -0.25) is 9.59 Å². The zero-order valence-electron chi connectivity index (χ0n) is 12.9. The van der Waals surface area contributed by atoms with Gasteiger partial charge in [-0.1, -0.05) is 23.7 Å². The Morgan fingerprint density at radius 1 is 1.35 bits per heavy atom. The lowest BCUT2D eigenvalue weighted by atomic mass is 9.96. The van der Waals surface area contributed by atoms with Gasteiger partial charge in [-0.05, 0) is 43.5 Å². The zero-order chi connectivity index (χ0) is 16.4.